The van der Waals surface area contributed by atoms with Gasteiger partial charge >= 0.3 is 6.03 Å². The molecule has 0 aromatic heterocycles. The summed E-state index contributed by atoms with van der Waals surface area (Å²) in [6.07, 6.45) is 0.539. The first kappa shape index (κ1) is 15.4. The van der Waals surface area contributed by atoms with E-state index in [4.69, 9.17) is 0 Å². The molecule has 6 nitrogen and oxygen atoms in total. The molecule has 2 aliphatic heterocycles. The average molecular weight is 340 g/mol. The van der Waals surface area contributed by atoms with Gasteiger partial charge < -0.3 is 20.9 Å². The fourth-order valence-corrected chi connectivity index (χ4v) is 3.39. The van der Waals surface area contributed by atoms with Crippen molar-refractivity contribution in [1.29, 1.82) is 0 Å². The maximum atomic E-state index is 12.9. The van der Waals surface area contributed by atoms with Crippen molar-refractivity contribution in [3.63, 3.8) is 0 Å². The molecule has 0 aliphatic carbocycles. The summed E-state index contributed by atoms with van der Waals surface area (Å²) in [6, 6.07) is 12.4. The van der Waals surface area contributed by atoms with Crippen LogP contribution in [0.5, 0.6) is 0 Å². The van der Waals surface area contributed by atoms with Gasteiger partial charge in [-0.25, -0.2) is 9.18 Å². The summed E-state index contributed by atoms with van der Waals surface area (Å²) < 4.78 is 12.9. The predicted octanol–water partition coefficient (Wildman–Crippen LogP) is 2.55. The number of carbonyl (C=O) groups is 2. The molecular weight excluding hydrogens is 323 g/mol. The molecule has 3 N–H and O–H groups in total. The molecule has 3 amide bonds. The lowest BCUT2D eigenvalue weighted by Gasteiger charge is -2.32. The zero-order chi connectivity index (χ0) is 17.4. The average Bonchev–Trinajstić information content (AvgIpc) is 3.01. The van der Waals surface area contributed by atoms with E-state index in [-0.39, 0.29) is 29.8 Å². The third-order valence-corrected chi connectivity index (χ3v) is 4.51. The molecule has 2 unspecified atom stereocenters. The summed E-state index contributed by atoms with van der Waals surface area (Å²) in [4.78, 5) is 26.5. The molecule has 128 valence electrons. The lowest BCUT2D eigenvalue weighted by atomic mass is 10.1. The van der Waals surface area contributed by atoms with E-state index in [2.05, 4.69) is 16.0 Å². The van der Waals surface area contributed by atoms with Crippen LogP contribution in [-0.4, -0.2) is 30.6 Å². The molecule has 25 heavy (non-hydrogen) atoms. The number of amides is 3. The molecule has 2 atom stereocenters. The van der Waals surface area contributed by atoms with Crippen molar-refractivity contribution in [2.45, 2.75) is 18.5 Å². The summed E-state index contributed by atoms with van der Waals surface area (Å²) in [7, 11) is 0. The summed E-state index contributed by atoms with van der Waals surface area (Å²) in [5, 5.41) is 8.46. The first-order valence-electron chi connectivity index (χ1n) is 8.10. The molecule has 0 spiro atoms. The molecule has 0 saturated carbocycles. The standard InChI is InChI=1S/C18H17FN4O2/c19-11-5-7-12(8-6-11)20-18(25)21-13-9-16-17(24)22-14-3-1-2-4-15(14)23(16)10-13/h1-8,13,16H,9-10H2,(H,22,24)(H2,20,21,25). The van der Waals surface area contributed by atoms with Crippen LogP contribution in [0.2, 0.25) is 0 Å². The number of nitrogens with one attached hydrogen (secondary N) is 3. The van der Waals surface area contributed by atoms with Gasteiger partial charge in [0, 0.05) is 12.2 Å². The van der Waals surface area contributed by atoms with Crippen molar-refractivity contribution >= 4 is 29.0 Å². The summed E-state index contributed by atoms with van der Waals surface area (Å²) >= 11 is 0. The highest BCUT2D eigenvalue weighted by atomic mass is 19.1. The Kier molecular flexibility index (Phi) is 3.76. The largest absolute Gasteiger partial charge is 0.356 e. The van der Waals surface area contributed by atoms with Crippen molar-refractivity contribution in [3.05, 3.63) is 54.3 Å². The van der Waals surface area contributed by atoms with E-state index in [9.17, 15) is 14.0 Å². The van der Waals surface area contributed by atoms with Gasteiger partial charge in [-0.3, -0.25) is 4.79 Å². The zero-order valence-electron chi connectivity index (χ0n) is 13.3. The van der Waals surface area contributed by atoms with Crippen LogP contribution in [0.15, 0.2) is 48.5 Å². The number of hydrogen-bond acceptors (Lipinski definition) is 3. The first-order valence-corrected chi connectivity index (χ1v) is 8.10. The third-order valence-electron chi connectivity index (χ3n) is 4.51. The minimum absolute atomic E-state index is 0.0538. The fourth-order valence-electron chi connectivity index (χ4n) is 3.39. The van der Waals surface area contributed by atoms with Gasteiger partial charge in [-0.05, 0) is 42.8 Å². The minimum atomic E-state index is -0.370. The van der Waals surface area contributed by atoms with Gasteiger partial charge in [0.15, 0.2) is 0 Å². The Balaban J connectivity index is 1.43. The second-order valence-corrected chi connectivity index (χ2v) is 6.21. The Labute approximate surface area is 144 Å². The first-order chi connectivity index (χ1) is 12.1. The molecule has 1 saturated heterocycles. The lowest BCUT2D eigenvalue weighted by Crippen LogP contribution is -2.44. The van der Waals surface area contributed by atoms with Crippen molar-refractivity contribution in [2.24, 2.45) is 0 Å². The van der Waals surface area contributed by atoms with E-state index < -0.39 is 0 Å². The van der Waals surface area contributed by atoms with Crippen LogP contribution in [-0.2, 0) is 4.79 Å². The number of nitrogens with zero attached hydrogens (tertiary/aromatic N) is 1. The molecule has 2 aromatic rings. The Morgan fingerprint density at radius 1 is 1.16 bits per heavy atom. The smallest absolute Gasteiger partial charge is 0.319 e. The summed E-state index contributed by atoms with van der Waals surface area (Å²) in [6.45, 7) is 0.561. The monoisotopic (exact) mass is 340 g/mol. The molecule has 0 radical (unpaired) electrons. The topological polar surface area (TPSA) is 73.5 Å². The Morgan fingerprint density at radius 2 is 1.92 bits per heavy atom. The van der Waals surface area contributed by atoms with Crippen LogP contribution in [0.3, 0.4) is 0 Å². The number of carbonyl (C=O) groups excluding carboxylic acids is 2. The van der Waals surface area contributed by atoms with Crippen LogP contribution >= 0.6 is 0 Å². The molecule has 7 heteroatoms. The van der Waals surface area contributed by atoms with Crippen molar-refractivity contribution < 1.29 is 14.0 Å². The normalized spacial score (nSPS) is 21.2. The number of benzene rings is 2. The van der Waals surface area contributed by atoms with Crippen molar-refractivity contribution in [3.8, 4) is 0 Å². The highest BCUT2D eigenvalue weighted by Crippen LogP contribution is 2.36. The maximum Gasteiger partial charge on any atom is 0.319 e. The van der Waals surface area contributed by atoms with Gasteiger partial charge in [-0.1, -0.05) is 12.1 Å². The number of fused-ring (bicyclic) bond motifs is 3. The van der Waals surface area contributed by atoms with Crippen LogP contribution in [0, 0.1) is 5.82 Å². The van der Waals surface area contributed by atoms with E-state index in [1.807, 2.05) is 29.2 Å². The maximum absolute atomic E-state index is 12.9. The second-order valence-electron chi connectivity index (χ2n) is 6.21. The van der Waals surface area contributed by atoms with Gasteiger partial charge in [0.25, 0.3) is 0 Å². The lowest BCUT2D eigenvalue weighted by molar-refractivity contribution is -0.117. The molecule has 2 aliphatic rings. The molecular formula is C18H17FN4O2. The fraction of sp³-hybridized carbons (Fsp3) is 0.222. The van der Waals surface area contributed by atoms with E-state index in [1.54, 1.807) is 0 Å². The minimum Gasteiger partial charge on any atom is -0.356 e. The van der Waals surface area contributed by atoms with Crippen LogP contribution < -0.4 is 20.9 Å². The van der Waals surface area contributed by atoms with Gasteiger partial charge in [0.05, 0.1) is 17.4 Å². The van der Waals surface area contributed by atoms with Gasteiger partial charge in [-0.2, -0.15) is 0 Å². The highest BCUT2D eigenvalue weighted by Gasteiger charge is 2.41. The third kappa shape index (κ3) is 3.00. The van der Waals surface area contributed by atoms with Crippen LogP contribution in [0.4, 0.5) is 26.2 Å². The van der Waals surface area contributed by atoms with E-state index >= 15 is 0 Å². The number of anilines is 3. The van der Waals surface area contributed by atoms with Gasteiger partial charge in [0.2, 0.25) is 5.91 Å². The van der Waals surface area contributed by atoms with Gasteiger partial charge in [0.1, 0.15) is 11.9 Å². The van der Waals surface area contributed by atoms with Crippen LogP contribution in [0.25, 0.3) is 0 Å². The number of urea groups is 1. The number of rotatable bonds is 2. The Morgan fingerprint density at radius 3 is 2.72 bits per heavy atom. The molecule has 2 heterocycles. The van der Waals surface area contributed by atoms with E-state index in [1.165, 1.54) is 24.3 Å². The molecule has 0 bridgehead atoms. The summed E-state index contributed by atoms with van der Waals surface area (Å²) in [5.74, 6) is -0.412. The van der Waals surface area contributed by atoms with Crippen LogP contribution in [0.1, 0.15) is 6.42 Å². The number of para-hydroxylation sites is 2. The Hall–Kier alpha value is -3.09. The summed E-state index contributed by atoms with van der Waals surface area (Å²) in [5.41, 5.74) is 2.27. The van der Waals surface area contributed by atoms with Crippen molar-refractivity contribution in [2.75, 3.05) is 22.1 Å². The zero-order valence-corrected chi connectivity index (χ0v) is 13.3. The SMILES string of the molecule is O=C(Nc1ccc(F)cc1)NC1CC2C(=O)Nc3ccccc3N2C1. The molecule has 1 fully saturated rings. The highest BCUT2D eigenvalue weighted by molar-refractivity contribution is 6.04. The Bertz CT molecular complexity index is 824. The molecule has 4 rings (SSSR count). The predicted molar refractivity (Wildman–Crippen MR) is 93.2 cm³/mol. The number of hydrogen-bond donors (Lipinski definition) is 3. The number of halogens is 1. The van der Waals surface area contributed by atoms with E-state index in [0.717, 1.165) is 11.4 Å². The quantitative estimate of drug-likeness (QED) is 0.787. The second kappa shape index (κ2) is 6.08. The van der Waals surface area contributed by atoms with Crippen molar-refractivity contribution in [1.82, 2.24) is 5.32 Å². The van der Waals surface area contributed by atoms with Gasteiger partial charge in [-0.15, -0.1) is 0 Å². The molecule has 2 aromatic carbocycles. The van der Waals surface area contributed by atoms with E-state index in [0.29, 0.717) is 18.7 Å².